The lowest BCUT2D eigenvalue weighted by Crippen LogP contribution is -2.48. The lowest BCUT2D eigenvalue weighted by Gasteiger charge is -2.29. The number of amides is 4. The average molecular weight is 399 g/mol. The van der Waals surface area contributed by atoms with Gasteiger partial charge in [-0.2, -0.15) is 0 Å². The molecule has 0 aromatic heterocycles. The van der Waals surface area contributed by atoms with Crippen molar-refractivity contribution < 1.29 is 18.4 Å². The minimum absolute atomic E-state index is 0.0597. The Kier molecular flexibility index (Phi) is 6.26. The van der Waals surface area contributed by atoms with Crippen LogP contribution in [0, 0.1) is 11.6 Å². The van der Waals surface area contributed by atoms with Crippen molar-refractivity contribution in [3.8, 4) is 0 Å². The Morgan fingerprint density at radius 3 is 2.59 bits per heavy atom. The molecule has 1 aliphatic rings. The predicted molar refractivity (Wildman–Crippen MR) is 107 cm³/mol. The molecule has 0 saturated heterocycles. The van der Waals surface area contributed by atoms with Gasteiger partial charge >= 0.3 is 12.1 Å². The van der Waals surface area contributed by atoms with E-state index in [1.165, 1.54) is 11.9 Å². The number of imide groups is 1. The molecular weight excluding hydrogens is 376 g/mol. The number of halogens is 2. The Morgan fingerprint density at radius 1 is 1.17 bits per heavy atom. The monoisotopic (exact) mass is 399 g/mol. The third-order valence-corrected chi connectivity index (χ3v) is 4.81. The molecule has 4 amide bonds. The van der Waals surface area contributed by atoms with Crippen molar-refractivity contribution in [2.45, 2.75) is 19.4 Å². The molecule has 5 nitrogen and oxygen atoms in total. The maximum Gasteiger partial charge on any atom is 0.328 e. The molecule has 152 valence electrons. The molecule has 1 heterocycles. The lowest BCUT2D eigenvalue weighted by atomic mass is 10.0. The van der Waals surface area contributed by atoms with Crippen LogP contribution in [0.4, 0.5) is 18.4 Å². The number of hydrogen-bond donors (Lipinski definition) is 1. The summed E-state index contributed by atoms with van der Waals surface area (Å²) in [7, 11) is 1.40. The van der Waals surface area contributed by atoms with Crippen molar-refractivity contribution in [3.63, 3.8) is 0 Å². The first-order chi connectivity index (χ1) is 13.9. The van der Waals surface area contributed by atoms with E-state index in [1.54, 1.807) is 6.08 Å². The first kappa shape index (κ1) is 20.5. The van der Waals surface area contributed by atoms with Crippen LogP contribution in [0.25, 0.3) is 5.57 Å². The lowest BCUT2D eigenvalue weighted by molar-refractivity contribution is 0.161. The molecule has 0 aliphatic carbocycles. The number of benzene rings is 2. The zero-order valence-electron chi connectivity index (χ0n) is 16.4. The highest BCUT2D eigenvalue weighted by Gasteiger charge is 2.34. The summed E-state index contributed by atoms with van der Waals surface area (Å²) in [6.07, 6.45) is 2.48. The van der Waals surface area contributed by atoms with Crippen molar-refractivity contribution >= 4 is 17.6 Å². The van der Waals surface area contributed by atoms with Gasteiger partial charge in [-0.15, -0.1) is 0 Å². The standard InChI is InChI=1S/C22H23F2N3O2/c1-3-11-25-21(28)26(2)22(29)27-14-16(18-13-17(23)9-10-19(18)24)12-20(27)15-7-5-4-6-8-15/h4-10,12-13,20H,3,11,14H2,1-2H3,(H,25,28). The second-order valence-electron chi connectivity index (χ2n) is 6.87. The third kappa shape index (κ3) is 4.45. The summed E-state index contributed by atoms with van der Waals surface area (Å²) in [5.41, 5.74) is 1.42. The fourth-order valence-corrected chi connectivity index (χ4v) is 3.28. The maximum absolute atomic E-state index is 14.3. The molecule has 1 unspecified atom stereocenters. The van der Waals surface area contributed by atoms with Gasteiger partial charge in [-0.3, -0.25) is 0 Å². The van der Waals surface area contributed by atoms with Crippen LogP contribution >= 0.6 is 0 Å². The first-order valence-corrected chi connectivity index (χ1v) is 9.45. The fraction of sp³-hybridized carbons (Fsp3) is 0.273. The number of urea groups is 2. The molecule has 0 radical (unpaired) electrons. The molecule has 3 rings (SSSR count). The summed E-state index contributed by atoms with van der Waals surface area (Å²) in [6.45, 7) is 2.43. The minimum Gasteiger partial charge on any atom is -0.338 e. The van der Waals surface area contributed by atoms with Gasteiger partial charge < -0.3 is 10.2 Å². The molecule has 1 aliphatic heterocycles. The summed E-state index contributed by atoms with van der Waals surface area (Å²) in [5.74, 6) is -1.12. The van der Waals surface area contributed by atoms with E-state index < -0.39 is 29.7 Å². The Labute approximate surface area is 168 Å². The highest BCUT2D eigenvalue weighted by Crippen LogP contribution is 2.36. The summed E-state index contributed by atoms with van der Waals surface area (Å²) in [6, 6.07) is 10.9. The van der Waals surface area contributed by atoms with Gasteiger partial charge in [0, 0.05) is 25.7 Å². The molecular formula is C22H23F2N3O2. The number of rotatable bonds is 4. The Bertz CT molecular complexity index is 931. The maximum atomic E-state index is 14.3. The first-order valence-electron chi connectivity index (χ1n) is 9.45. The second-order valence-corrected chi connectivity index (χ2v) is 6.87. The number of hydrogen-bond acceptors (Lipinski definition) is 2. The second kappa shape index (κ2) is 8.86. The van der Waals surface area contributed by atoms with Gasteiger partial charge in [0.1, 0.15) is 11.6 Å². The number of carbonyl (C=O) groups excluding carboxylic acids is 2. The van der Waals surface area contributed by atoms with Crippen molar-refractivity contribution in [1.82, 2.24) is 15.1 Å². The summed E-state index contributed by atoms with van der Waals surface area (Å²) in [4.78, 5) is 27.8. The van der Waals surface area contributed by atoms with Gasteiger partial charge in [-0.05, 0) is 35.8 Å². The summed E-state index contributed by atoms with van der Waals surface area (Å²) < 4.78 is 28.0. The van der Waals surface area contributed by atoms with E-state index in [1.807, 2.05) is 37.3 Å². The number of nitrogens with zero attached hydrogens (tertiary/aromatic N) is 2. The van der Waals surface area contributed by atoms with Crippen LogP contribution < -0.4 is 5.32 Å². The zero-order chi connectivity index (χ0) is 21.0. The summed E-state index contributed by atoms with van der Waals surface area (Å²) >= 11 is 0. The average Bonchev–Trinajstić information content (AvgIpc) is 3.18. The van der Waals surface area contributed by atoms with Crippen LogP contribution in [0.15, 0.2) is 54.6 Å². The van der Waals surface area contributed by atoms with E-state index in [-0.39, 0.29) is 12.1 Å². The fourth-order valence-electron chi connectivity index (χ4n) is 3.28. The van der Waals surface area contributed by atoms with E-state index in [0.717, 1.165) is 35.1 Å². The van der Waals surface area contributed by atoms with Crippen molar-refractivity contribution in [2.24, 2.45) is 0 Å². The third-order valence-electron chi connectivity index (χ3n) is 4.81. The molecule has 0 bridgehead atoms. The van der Waals surface area contributed by atoms with Crippen molar-refractivity contribution in [2.75, 3.05) is 20.1 Å². The molecule has 0 spiro atoms. The van der Waals surface area contributed by atoms with Crippen molar-refractivity contribution in [3.05, 3.63) is 77.4 Å². The molecule has 0 fully saturated rings. The van der Waals surface area contributed by atoms with Gasteiger partial charge in [-0.25, -0.2) is 23.3 Å². The highest BCUT2D eigenvalue weighted by atomic mass is 19.1. The van der Waals surface area contributed by atoms with E-state index in [0.29, 0.717) is 12.1 Å². The van der Waals surface area contributed by atoms with Crippen LogP contribution in [0.5, 0.6) is 0 Å². The van der Waals surface area contributed by atoms with Gasteiger partial charge in [0.05, 0.1) is 6.04 Å². The molecule has 2 aromatic rings. The number of carbonyl (C=O) groups is 2. The molecule has 7 heteroatoms. The topological polar surface area (TPSA) is 52.7 Å². The van der Waals surface area contributed by atoms with Gasteiger partial charge in [-0.1, -0.05) is 43.3 Å². The predicted octanol–water partition coefficient (Wildman–Crippen LogP) is 4.58. The van der Waals surface area contributed by atoms with E-state index in [9.17, 15) is 18.4 Å². The van der Waals surface area contributed by atoms with Gasteiger partial charge in [0.25, 0.3) is 0 Å². The summed E-state index contributed by atoms with van der Waals surface area (Å²) in [5, 5.41) is 2.66. The molecule has 1 atom stereocenters. The highest BCUT2D eigenvalue weighted by molar-refractivity contribution is 5.95. The molecule has 29 heavy (non-hydrogen) atoms. The van der Waals surface area contributed by atoms with Gasteiger partial charge in [0.2, 0.25) is 0 Å². The van der Waals surface area contributed by atoms with Crippen LogP contribution in [-0.4, -0.2) is 42.0 Å². The van der Waals surface area contributed by atoms with Crippen LogP contribution in [0.2, 0.25) is 0 Å². The van der Waals surface area contributed by atoms with E-state index >= 15 is 0 Å². The van der Waals surface area contributed by atoms with E-state index in [2.05, 4.69) is 5.32 Å². The molecule has 1 N–H and O–H groups in total. The van der Waals surface area contributed by atoms with Crippen LogP contribution in [0.3, 0.4) is 0 Å². The zero-order valence-corrected chi connectivity index (χ0v) is 16.4. The van der Waals surface area contributed by atoms with Crippen LogP contribution in [-0.2, 0) is 0 Å². The molecule has 0 saturated carbocycles. The van der Waals surface area contributed by atoms with Gasteiger partial charge in [0.15, 0.2) is 0 Å². The normalized spacial score (nSPS) is 15.8. The SMILES string of the molecule is CCCNC(=O)N(C)C(=O)N1CC(c2cc(F)ccc2F)=CC1c1ccccc1. The minimum atomic E-state index is -0.562. The smallest absolute Gasteiger partial charge is 0.328 e. The Balaban J connectivity index is 1.93. The Hall–Kier alpha value is -3.22. The largest absolute Gasteiger partial charge is 0.338 e. The quantitative estimate of drug-likeness (QED) is 0.818. The molecule has 2 aromatic carbocycles. The Morgan fingerprint density at radius 2 is 1.90 bits per heavy atom. The van der Waals surface area contributed by atoms with E-state index in [4.69, 9.17) is 0 Å². The number of nitrogens with one attached hydrogen (secondary N) is 1. The van der Waals surface area contributed by atoms with Crippen LogP contribution in [0.1, 0.15) is 30.5 Å². The van der Waals surface area contributed by atoms with Crippen molar-refractivity contribution in [1.29, 1.82) is 0 Å².